The van der Waals surface area contributed by atoms with Gasteiger partial charge in [0.25, 0.3) is 0 Å². The number of nitrogens with zero attached hydrogens (tertiary/aromatic N) is 2. The fraction of sp³-hybridized carbons (Fsp3) is 0.500. The van der Waals surface area contributed by atoms with Crippen molar-refractivity contribution in [1.29, 1.82) is 0 Å². The van der Waals surface area contributed by atoms with Crippen molar-refractivity contribution in [2.75, 3.05) is 11.9 Å². The maximum Gasteiger partial charge on any atom is 0.321 e. The minimum Gasteiger partial charge on any atom is -0.493 e. The highest BCUT2D eigenvalue weighted by atomic mass is 16.5. The van der Waals surface area contributed by atoms with Crippen molar-refractivity contribution in [3.8, 4) is 5.75 Å². The number of aromatic nitrogens is 2. The molecule has 1 N–H and O–H groups in total. The van der Waals surface area contributed by atoms with Gasteiger partial charge in [-0.2, -0.15) is 4.98 Å². The highest BCUT2D eigenvalue weighted by Crippen LogP contribution is 2.29. The normalized spacial score (nSPS) is 14.4. The lowest BCUT2D eigenvalue weighted by atomic mass is 10.2. The van der Waals surface area contributed by atoms with E-state index < -0.39 is 0 Å². The molecule has 0 radical (unpaired) electrons. The summed E-state index contributed by atoms with van der Waals surface area (Å²) in [5, 5.41) is 7.06. The number of hydrogen-bond donors (Lipinski definition) is 1. The van der Waals surface area contributed by atoms with E-state index in [9.17, 15) is 0 Å². The van der Waals surface area contributed by atoms with Crippen LogP contribution in [0.4, 0.5) is 6.01 Å². The Hall–Kier alpha value is -2.04. The second-order valence-corrected chi connectivity index (χ2v) is 5.86. The number of benzene rings is 1. The Balaban J connectivity index is 1.49. The van der Waals surface area contributed by atoms with Crippen LogP contribution in [-0.2, 0) is 6.54 Å². The van der Waals surface area contributed by atoms with Crippen LogP contribution in [0.15, 0.2) is 28.8 Å². The number of hydrogen-bond acceptors (Lipinski definition) is 5. The highest BCUT2D eigenvalue weighted by Gasteiger charge is 2.21. The van der Waals surface area contributed by atoms with Crippen molar-refractivity contribution < 1.29 is 9.26 Å². The molecule has 112 valence electrons. The molecule has 5 nitrogen and oxygen atoms in total. The van der Waals surface area contributed by atoms with E-state index in [0.29, 0.717) is 12.6 Å². The predicted octanol–water partition coefficient (Wildman–Crippen LogP) is 3.59. The molecule has 0 bridgehead atoms. The molecule has 1 heterocycles. The highest BCUT2D eigenvalue weighted by molar-refractivity contribution is 5.30. The number of ether oxygens (including phenoxy) is 1. The molecular formula is C16H21N3O2. The van der Waals surface area contributed by atoms with E-state index in [2.05, 4.69) is 27.6 Å². The molecule has 0 spiro atoms. The molecule has 5 heteroatoms. The maximum atomic E-state index is 5.72. The average Bonchev–Trinajstić information content (AvgIpc) is 3.19. The third-order valence-electron chi connectivity index (χ3n) is 3.51. The van der Waals surface area contributed by atoms with Crippen molar-refractivity contribution in [3.63, 3.8) is 0 Å². The van der Waals surface area contributed by atoms with Crippen LogP contribution in [0.3, 0.4) is 0 Å². The SMILES string of the molecule is CC(C)c1noc(NCc2ccc(OCC3CC3)cc2)n1. The smallest absolute Gasteiger partial charge is 0.321 e. The average molecular weight is 287 g/mol. The monoisotopic (exact) mass is 287 g/mol. The summed E-state index contributed by atoms with van der Waals surface area (Å²) in [4.78, 5) is 4.28. The van der Waals surface area contributed by atoms with Crippen LogP contribution < -0.4 is 10.1 Å². The molecule has 3 rings (SSSR count). The lowest BCUT2D eigenvalue weighted by Gasteiger charge is -2.06. The molecule has 0 aliphatic heterocycles. The van der Waals surface area contributed by atoms with Crippen LogP contribution in [-0.4, -0.2) is 16.7 Å². The topological polar surface area (TPSA) is 60.2 Å². The minimum absolute atomic E-state index is 0.271. The maximum absolute atomic E-state index is 5.72. The zero-order chi connectivity index (χ0) is 14.7. The Morgan fingerprint density at radius 3 is 2.67 bits per heavy atom. The van der Waals surface area contributed by atoms with E-state index in [0.717, 1.165) is 29.7 Å². The molecule has 1 aliphatic rings. The van der Waals surface area contributed by atoms with Crippen molar-refractivity contribution in [2.45, 2.75) is 39.2 Å². The summed E-state index contributed by atoms with van der Waals surface area (Å²) < 4.78 is 10.9. The van der Waals surface area contributed by atoms with E-state index in [1.165, 1.54) is 12.8 Å². The van der Waals surface area contributed by atoms with Gasteiger partial charge in [0, 0.05) is 12.5 Å². The van der Waals surface area contributed by atoms with Gasteiger partial charge in [0.1, 0.15) is 5.75 Å². The molecule has 1 aromatic carbocycles. The van der Waals surface area contributed by atoms with Gasteiger partial charge in [0.15, 0.2) is 5.82 Å². The fourth-order valence-corrected chi connectivity index (χ4v) is 1.92. The van der Waals surface area contributed by atoms with Crippen LogP contribution in [0.25, 0.3) is 0 Å². The van der Waals surface area contributed by atoms with Gasteiger partial charge < -0.3 is 14.6 Å². The van der Waals surface area contributed by atoms with Crippen molar-refractivity contribution >= 4 is 6.01 Å². The number of nitrogens with one attached hydrogen (secondary N) is 1. The summed E-state index contributed by atoms with van der Waals surface area (Å²) in [6.45, 7) is 5.57. The molecule has 1 saturated carbocycles. The minimum atomic E-state index is 0.271. The zero-order valence-electron chi connectivity index (χ0n) is 12.5. The first-order valence-electron chi connectivity index (χ1n) is 7.50. The summed E-state index contributed by atoms with van der Waals surface area (Å²) >= 11 is 0. The third-order valence-corrected chi connectivity index (χ3v) is 3.51. The predicted molar refractivity (Wildman–Crippen MR) is 80.4 cm³/mol. The Labute approximate surface area is 124 Å². The molecule has 1 aromatic heterocycles. The molecule has 2 aromatic rings. The number of anilines is 1. The first-order chi connectivity index (χ1) is 10.2. The summed E-state index contributed by atoms with van der Waals surface area (Å²) in [5.74, 6) is 2.71. The molecule has 0 atom stereocenters. The largest absolute Gasteiger partial charge is 0.493 e. The molecule has 0 unspecified atom stereocenters. The molecule has 1 aliphatic carbocycles. The first-order valence-corrected chi connectivity index (χ1v) is 7.50. The van der Waals surface area contributed by atoms with Gasteiger partial charge in [-0.25, -0.2) is 0 Å². The quantitative estimate of drug-likeness (QED) is 0.843. The molecular weight excluding hydrogens is 266 g/mol. The van der Waals surface area contributed by atoms with Crippen molar-refractivity contribution in [2.24, 2.45) is 5.92 Å². The standard InChI is InChI=1S/C16H21N3O2/c1-11(2)15-18-16(21-19-15)17-9-12-5-7-14(8-6-12)20-10-13-3-4-13/h5-8,11,13H,3-4,9-10H2,1-2H3,(H,17,18,19). The molecule has 21 heavy (non-hydrogen) atoms. The molecule has 0 saturated heterocycles. The zero-order valence-corrected chi connectivity index (χ0v) is 12.5. The van der Waals surface area contributed by atoms with Crippen molar-refractivity contribution in [1.82, 2.24) is 10.1 Å². The second-order valence-electron chi connectivity index (χ2n) is 5.86. The van der Waals surface area contributed by atoms with E-state index in [4.69, 9.17) is 9.26 Å². The lowest BCUT2D eigenvalue weighted by molar-refractivity contribution is 0.299. The van der Waals surface area contributed by atoms with Gasteiger partial charge in [-0.3, -0.25) is 0 Å². The Morgan fingerprint density at radius 2 is 2.05 bits per heavy atom. The first kappa shape index (κ1) is 13.9. The van der Waals surface area contributed by atoms with E-state index in [1.807, 2.05) is 26.0 Å². The third kappa shape index (κ3) is 3.97. The van der Waals surface area contributed by atoms with Crippen LogP contribution in [0.5, 0.6) is 5.75 Å². The van der Waals surface area contributed by atoms with E-state index >= 15 is 0 Å². The van der Waals surface area contributed by atoms with Gasteiger partial charge in [-0.05, 0) is 36.5 Å². The Bertz CT molecular complexity index is 573. The van der Waals surface area contributed by atoms with Crippen molar-refractivity contribution in [3.05, 3.63) is 35.7 Å². The molecule has 1 fully saturated rings. The summed E-state index contributed by atoms with van der Waals surface area (Å²) in [7, 11) is 0. The van der Waals surface area contributed by atoms with Gasteiger partial charge >= 0.3 is 6.01 Å². The summed E-state index contributed by atoms with van der Waals surface area (Å²) in [6.07, 6.45) is 2.62. The molecule has 0 amide bonds. The second kappa shape index (κ2) is 6.16. The van der Waals surface area contributed by atoms with Crippen LogP contribution in [0.1, 0.15) is 44.0 Å². The van der Waals surface area contributed by atoms with E-state index in [-0.39, 0.29) is 5.92 Å². The Kier molecular flexibility index (Phi) is 4.08. The number of rotatable bonds is 7. The van der Waals surface area contributed by atoms with Crippen LogP contribution in [0, 0.1) is 5.92 Å². The Morgan fingerprint density at radius 1 is 1.29 bits per heavy atom. The van der Waals surface area contributed by atoms with Gasteiger partial charge in [-0.15, -0.1) is 0 Å². The lowest BCUT2D eigenvalue weighted by Crippen LogP contribution is -2.01. The van der Waals surface area contributed by atoms with Crippen LogP contribution in [0.2, 0.25) is 0 Å². The summed E-state index contributed by atoms with van der Waals surface area (Å²) in [6, 6.07) is 8.58. The fourth-order valence-electron chi connectivity index (χ4n) is 1.92. The summed E-state index contributed by atoms with van der Waals surface area (Å²) in [5.41, 5.74) is 1.15. The van der Waals surface area contributed by atoms with Crippen LogP contribution >= 0.6 is 0 Å². The van der Waals surface area contributed by atoms with Gasteiger partial charge in [0.05, 0.1) is 6.61 Å². The van der Waals surface area contributed by atoms with E-state index in [1.54, 1.807) is 0 Å². The van der Waals surface area contributed by atoms with Gasteiger partial charge in [-0.1, -0.05) is 31.1 Å². The van der Waals surface area contributed by atoms with Gasteiger partial charge in [0.2, 0.25) is 0 Å².